The minimum absolute atomic E-state index is 0.0361. The Morgan fingerprint density at radius 1 is 1.50 bits per heavy atom. The number of carboxylic acids is 1. The molecule has 0 aliphatic heterocycles. The van der Waals surface area contributed by atoms with E-state index < -0.39 is 5.97 Å². The van der Waals surface area contributed by atoms with Gasteiger partial charge in [-0.15, -0.1) is 0 Å². The predicted molar refractivity (Wildman–Crippen MR) is 79.6 cm³/mol. The van der Waals surface area contributed by atoms with Crippen LogP contribution in [0.4, 0.5) is 5.69 Å². The number of nitrogens with one attached hydrogen (secondary N) is 1. The summed E-state index contributed by atoms with van der Waals surface area (Å²) in [6.07, 6.45) is 2.40. The molecule has 5 nitrogen and oxygen atoms in total. The average Bonchev–Trinajstić information content (AvgIpc) is 2.91. The molecular weight excluding hydrogens is 274 g/mol. The first kappa shape index (κ1) is 14.5. The molecule has 0 aliphatic rings. The van der Waals surface area contributed by atoms with Crippen LogP contribution >= 0.6 is 11.3 Å². The molecule has 0 spiro atoms. The average molecular weight is 291 g/mol. The van der Waals surface area contributed by atoms with Gasteiger partial charge in [0.05, 0.1) is 11.9 Å². The van der Waals surface area contributed by atoms with E-state index in [1.54, 1.807) is 17.5 Å². The third-order valence-corrected chi connectivity index (χ3v) is 3.57. The van der Waals surface area contributed by atoms with Gasteiger partial charge >= 0.3 is 5.97 Å². The second-order valence-corrected chi connectivity index (χ2v) is 5.54. The molecule has 0 saturated heterocycles. The molecule has 2 N–H and O–H groups in total. The van der Waals surface area contributed by atoms with Crippen LogP contribution in [0.25, 0.3) is 0 Å². The zero-order valence-corrected chi connectivity index (χ0v) is 12.3. The van der Waals surface area contributed by atoms with Crippen molar-refractivity contribution in [3.8, 4) is 0 Å². The molecule has 0 unspecified atom stereocenters. The number of nitrogens with zero attached hydrogens (tertiary/aromatic N) is 2. The van der Waals surface area contributed by atoms with Crippen molar-refractivity contribution < 1.29 is 9.90 Å². The first-order valence-corrected chi connectivity index (χ1v) is 7.37. The van der Waals surface area contributed by atoms with E-state index in [1.807, 2.05) is 19.2 Å². The number of aromatic nitrogens is 2. The van der Waals surface area contributed by atoms with Gasteiger partial charge in [0, 0.05) is 12.5 Å². The predicted octanol–water partition coefficient (Wildman–Crippen LogP) is 3.01. The number of thiophene rings is 1. The highest BCUT2D eigenvalue weighted by molar-refractivity contribution is 7.07. The molecule has 2 rings (SSSR count). The Morgan fingerprint density at radius 3 is 2.90 bits per heavy atom. The van der Waals surface area contributed by atoms with E-state index in [4.69, 9.17) is 0 Å². The minimum atomic E-state index is -1.03. The molecule has 0 aliphatic carbocycles. The largest absolute Gasteiger partial charge is 0.476 e. The molecule has 0 fully saturated rings. The van der Waals surface area contributed by atoms with Gasteiger partial charge in [-0.3, -0.25) is 0 Å². The fourth-order valence-corrected chi connectivity index (χ4v) is 2.45. The monoisotopic (exact) mass is 291 g/mol. The Kier molecular flexibility index (Phi) is 4.68. The van der Waals surface area contributed by atoms with E-state index in [1.165, 1.54) is 5.56 Å². The molecule has 0 amide bonds. The first-order valence-electron chi connectivity index (χ1n) is 6.43. The maximum atomic E-state index is 11.3. The van der Waals surface area contributed by atoms with Crippen LogP contribution in [-0.2, 0) is 6.42 Å². The maximum Gasteiger partial charge on any atom is 0.356 e. The van der Waals surface area contributed by atoms with Crippen molar-refractivity contribution in [1.29, 1.82) is 0 Å². The molecule has 0 radical (unpaired) electrons. The smallest absolute Gasteiger partial charge is 0.356 e. The van der Waals surface area contributed by atoms with Crippen LogP contribution in [0.5, 0.6) is 0 Å². The third-order valence-electron chi connectivity index (χ3n) is 2.84. The van der Waals surface area contributed by atoms with Crippen molar-refractivity contribution in [3.63, 3.8) is 0 Å². The number of hydrogen-bond acceptors (Lipinski definition) is 5. The van der Waals surface area contributed by atoms with Crippen molar-refractivity contribution in [2.75, 3.05) is 11.9 Å². The molecule has 0 bridgehead atoms. The molecule has 2 aromatic rings. The van der Waals surface area contributed by atoms with Crippen LogP contribution in [0.3, 0.4) is 0 Å². The summed E-state index contributed by atoms with van der Waals surface area (Å²) in [5.41, 5.74) is 1.74. The minimum Gasteiger partial charge on any atom is -0.476 e. The van der Waals surface area contributed by atoms with Crippen molar-refractivity contribution in [3.05, 3.63) is 40.1 Å². The van der Waals surface area contributed by atoms with Gasteiger partial charge in [0.1, 0.15) is 5.82 Å². The Labute approximate surface area is 121 Å². The van der Waals surface area contributed by atoms with Crippen molar-refractivity contribution in [2.24, 2.45) is 0 Å². The standard InChI is InChI=1S/C14H17N3O2S/c1-9(2)13-16-7-11(12(17-13)14(18)19)15-5-3-10-4-6-20-8-10/h4,6-9,15H,3,5H2,1-2H3,(H,18,19). The van der Waals surface area contributed by atoms with Gasteiger partial charge in [-0.05, 0) is 28.8 Å². The fourth-order valence-electron chi connectivity index (χ4n) is 1.74. The summed E-state index contributed by atoms with van der Waals surface area (Å²) in [4.78, 5) is 19.6. The Morgan fingerprint density at radius 2 is 2.30 bits per heavy atom. The van der Waals surface area contributed by atoms with E-state index in [0.29, 0.717) is 18.1 Å². The van der Waals surface area contributed by atoms with Crippen molar-refractivity contribution >= 4 is 23.0 Å². The second-order valence-electron chi connectivity index (χ2n) is 4.76. The van der Waals surface area contributed by atoms with Crippen LogP contribution in [0, 0.1) is 0 Å². The lowest BCUT2D eigenvalue weighted by atomic mass is 10.2. The van der Waals surface area contributed by atoms with Gasteiger partial charge in [-0.25, -0.2) is 14.8 Å². The summed E-state index contributed by atoms with van der Waals surface area (Å²) in [6, 6.07) is 2.06. The SMILES string of the molecule is CC(C)c1ncc(NCCc2ccsc2)c(C(=O)O)n1. The van der Waals surface area contributed by atoms with E-state index in [0.717, 1.165) is 6.42 Å². The second kappa shape index (κ2) is 6.47. The van der Waals surface area contributed by atoms with Crippen LogP contribution in [0.15, 0.2) is 23.0 Å². The zero-order valence-electron chi connectivity index (χ0n) is 11.5. The molecule has 0 atom stereocenters. The lowest BCUT2D eigenvalue weighted by Gasteiger charge is -2.10. The van der Waals surface area contributed by atoms with Crippen LogP contribution < -0.4 is 5.32 Å². The topological polar surface area (TPSA) is 75.1 Å². The highest BCUT2D eigenvalue weighted by Gasteiger charge is 2.15. The molecule has 20 heavy (non-hydrogen) atoms. The molecule has 6 heteroatoms. The van der Waals surface area contributed by atoms with Gasteiger partial charge in [0.25, 0.3) is 0 Å². The number of hydrogen-bond donors (Lipinski definition) is 2. The van der Waals surface area contributed by atoms with Gasteiger partial charge in [-0.2, -0.15) is 11.3 Å². The molecule has 0 aromatic carbocycles. The summed E-state index contributed by atoms with van der Waals surface area (Å²) < 4.78 is 0. The normalized spacial score (nSPS) is 10.8. The van der Waals surface area contributed by atoms with Crippen LogP contribution in [0.2, 0.25) is 0 Å². The van der Waals surface area contributed by atoms with Crippen molar-refractivity contribution in [1.82, 2.24) is 9.97 Å². The van der Waals surface area contributed by atoms with Crippen molar-refractivity contribution in [2.45, 2.75) is 26.2 Å². The number of carboxylic acid groups (broad SMARTS) is 1. The lowest BCUT2D eigenvalue weighted by Crippen LogP contribution is -2.13. The summed E-state index contributed by atoms with van der Waals surface area (Å²) in [6.45, 7) is 4.52. The Hall–Kier alpha value is -1.95. The van der Waals surface area contributed by atoms with Gasteiger partial charge in [-0.1, -0.05) is 13.8 Å². The number of rotatable bonds is 6. The summed E-state index contributed by atoms with van der Waals surface area (Å²) in [7, 11) is 0. The molecule has 106 valence electrons. The number of aromatic carboxylic acids is 1. The molecule has 0 saturated carbocycles. The van der Waals surface area contributed by atoms with Crippen LogP contribution in [0.1, 0.15) is 41.6 Å². The zero-order chi connectivity index (χ0) is 14.5. The Bertz CT molecular complexity index is 582. The quantitative estimate of drug-likeness (QED) is 0.855. The molecule has 2 heterocycles. The van der Waals surface area contributed by atoms with E-state index in [9.17, 15) is 9.90 Å². The number of anilines is 1. The lowest BCUT2D eigenvalue weighted by molar-refractivity contribution is 0.0691. The summed E-state index contributed by atoms with van der Waals surface area (Å²) in [5, 5.41) is 16.4. The van der Waals surface area contributed by atoms with Gasteiger partial charge < -0.3 is 10.4 Å². The van der Waals surface area contributed by atoms with E-state index >= 15 is 0 Å². The third kappa shape index (κ3) is 3.54. The Balaban J connectivity index is 2.08. The fraction of sp³-hybridized carbons (Fsp3) is 0.357. The highest BCUT2D eigenvalue weighted by atomic mass is 32.1. The highest BCUT2D eigenvalue weighted by Crippen LogP contribution is 2.16. The van der Waals surface area contributed by atoms with Crippen LogP contribution in [-0.4, -0.2) is 27.6 Å². The molecule has 2 aromatic heterocycles. The first-order chi connectivity index (χ1) is 9.58. The summed E-state index contributed by atoms with van der Waals surface area (Å²) >= 11 is 1.65. The van der Waals surface area contributed by atoms with E-state index in [2.05, 4.69) is 26.7 Å². The molecular formula is C14H17N3O2S. The summed E-state index contributed by atoms with van der Waals surface area (Å²) in [5.74, 6) is -0.383. The van der Waals surface area contributed by atoms with Gasteiger partial charge in [0.15, 0.2) is 5.69 Å². The van der Waals surface area contributed by atoms with Gasteiger partial charge in [0.2, 0.25) is 0 Å². The maximum absolute atomic E-state index is 11.3. The van der Waals surface area contributed by atoms with E-state index in [-0.39, 0.29) is 11.6 Å². The number of carbonyl (C=O) groups is 1.